The minimum atomic E-state index is -4.44. The number of nitrogens with one attached hydrogen (secondary N) is 2. The molecule has 2 N–H and O–H groups in total. The summed E-state index contributed by atoms with van der Waals surface area (Å²) >= 11 is 4.27. The largest absolute Gasteiger partial charge is 0.444 e. The molecule has 0 fully saturated rings. The monoisotopic (exact) mass is 523 g/mol. The Kier molecular flexibility index (Phi) is 8.29. The fraction of sp³-hybridized carbons (Fsp3) is 0.421. The minimum absolute atomic E-state index is 0.0426. The summed E-state index contributed by atoms with van der Waals surface area (Å²) in [5.41, 5.74) is -0.976. The zero-order valence-corrected chi connectivity index (χ0v) is 19.3. The van der Waals surface area contributed by atoms with Crippen LogP contribution < -0.4 is 15.4 Å². The van der Waals surface area contributed by atoms with E-state index in [1.807, 2.05) is 0 Å². The molecule has 7 nitrogen and oxygen atoms in total. The number of hydrogen-bond donors (Lipinski definition) is 2. The molecule has 0 aliphatic rings. The SMILES string of the molecule is CC(C)(C)OC(=O)N[C@H](CNC(=O)Oc1cnc(Br)s1)Cc1ccc(C(F)(F)F)cc1. The lowest BCUT2D eigenvalue weighted by Crippen LogP contribution is -2.47. The number of halogens is 4. The molecule has 2 amide bonds. The van der Waals surface area contributed by atoms with E-state index in [1.165, 1.54) is 18.3 Å². The first-order valence-corrected chi connectivity index (χ1v) is 10.7. The fourth-order valence-electron chi connectivity index (χ4n) is 2.38. The Labute approximate surface area is 189 Å². The quantitative estimate of drug-likeness (QED) is 0.546. The first-order valence-electron chi connectivity index (χ1n) is 9.04. The summed E-state index contributed by atoms with van der Waals surface area (Å²) in [6.07, 6.45) is -4.40. The molecular formula is C19H21BrF3N3O4S. The minimum Gasteiger partial charge on any atom is -0.444 e. The van der Waals surface area contributed by atoms with E-state index in [0.717, 1.165) is 23.5 Å². The molecule has 0 spiro atoms. The Morgan fingerprint density at radius 1 is 1.16 bits per heavy atom. The van der Waals surface area contributed by atoms with Gasteiger partial charge in [0.1, 0.15) is 5.60 Å². The molecule has 1 heterocycles. The van der Waals surface area contributed by atoms with Crippen molar-refractivity contribution >= 4 is 39.5 Å². The number of alkyl halides is 3. The van der Waals surface area contributed by atoms with Crippen LogP contribution in [-0.2, 0) is 17.3 Å². The maximum atomic E-state index is 12.8. The highest BCUT2D eigenvalue weighted by molar-refractivity contribution is 9.11. The number of benzene rings is 1. The van der Waals surface area contributed by atoms with Gasteiger partial charge in [0.05, 0.1) is 17.8 Å². The maximum absolute atomic E-state index is 12.8. The van der Waals surface area contributed by atoms with Crippen LogP contribution in [0, 0.1) is 0 Å². The summed E-state index contributed by atoms with van der Waals surface area (Å²) < 4.78 is 49.1. The van der Waals surface area contributed by atoms with Gasteiger partial charge in [-0.2, -0.15) is 13.2 Å². The summed E-state index contributed by atoms with van der Waals surface area (Å²) in [5, 5.41) is 5.40. The van der Waals surface area contributed by atoms with Gasteiger partial charge in [-0.15, -0.1) is 0 Å². The average Bonchev–Trinajstić information content (AvgIpc) is 3.02. The van der Waals surface area contributed by atoms with Crippen LogP contribution in [0.5, 0.6) is 5.06 Å². The number of ether oxygens (including phenoxy) is 2. The predicted molar refractivity (Wildman–Crippen MR) is 112 cm³/mol. The van der Waals surface area contributed by atoms with Gasteiger partial charge in [0, 0.05) is 6.54 Å². The van der Waals surface area contributed by atoms with Gasteiger partial charge in [0.2, 0.25) is 5.06 Å². The van der Waals surface area contributed by atoms with Crippen molar-refractivity contribution in [2.45, 2.75) is 45.0 Å². The fourth-order valence-corrected chi connectivity index (χ4v) is 3.46. The van der Waals surface area contributed by atoms with Crippen molar-refractivity contribution in [3.05, 3.63) is 45.5 Å². The lowest BCUT2D eigenvalue weighted by molar-refractivity contribution is -0.137. The zero-order valence-electron chi connectivity index (χ0n) is 16.9. The molecule has 0 radical (unpaired) electrons. The van der Waals surface area contributed by atoms with Crippen molar-refractivity contribution in [1.29, 1.82) is 0 Å². The molecule has 0 saturated carbocycles. The molecule has 0 saturated heterocycles. The van der Waals surface area contributed by atoms with Crippen LogP contribution in [0.2, 0.25) is 0 Å². The molecule has 31 heavy (non-hydrogen) atoms. The topological polar surface area (TPSA) is 89.6 Å². The molecule has 1 aromatic heterocycles. The Morgan fingerprint density at radius 3 is 2.32 bits per heavy atom. The first-order chi connectivity index (χ1) is 14.3. The summed E-state index contributed by atoms with van der Waals surface area (Å²) in [7, 11) is 0. The lowest BCUT2D eigenvalue weighted by Gasteiger charge is -2.24. The highest BCUT2D eigenvalue weighted by atomic mass is 79.9. The van der Waals surface area contributed by atoms with E-state index >= 15 is 0 Å². The smallest absolute Gasteiger partial charge is 0.416 e. The van der Waals surface area contributed by atoms with Crippen LogP contribution in [0.15, 0.2) is 34.4 Å². The molecular weight excluding hydrogens is 503 g/mol. The molecule has 12 heteroatoms. The Balaban J connectivity index is 2.03. The number of hydrogen-bond acceptors (Lipinski definition) is 6. The van der Waals surface area contributed by atoms with Crippen molar-refractivity contribution in [2.75, 3.05) is 6.54 Å². The highest BCUT2D eigenvalue weighted by Gasteiger charge is 2.30. The second-order valence-corrected chi connectivity index (χ2v) is 9.71. The Morgan fingerprint density at radius 2 is 1.81 bits per heavy atom. The molecule has 0 aliphatic heterocycles. The maximum Gasteiger partial charge on any atom is 0.416 e. The standard InChI is InChI=1S/C19H21BrF3N3O4S/c1-18(2,3)30-17(28)26-13(8-11-4-6-12(7-5-11)19(21,22)23)9-25-16(27)29-14-10-24-15(20)31-14/h4-7,10,13H,8-9H2,1-3H3,(H,25,27)(H,26,28)/t13-/m0/s1. The molecule has 1 aromatic carbocycles. The van der Waals surface area contributed by atoms with E-state index in [-0.39, 0.29) is 18.0 Å². The average molecular weight is 524 g/mol. The molecule has 2 rings (SSSR count). The van der Waals surface area contributed by atoms with Crippen molar-refractivity contribution in [2.24, 2.45) is 0 Å². The number of alkyl carbamates (subject to hydrolysis) is 1. The lowest BCUT2D eigenvalue weighted by atomic mass is 10.0. The Hall–Kier alpha value is -2.34. The van der Waals surface area contributed by atoms with Gasteiger partial charge in [-0.3, -0.25) is 0 Å². The van der Waals surface area contributed by atoms with Crippen molar-refractivity contribution in [3.8, 4) is 5.06 Å². The van der Waals surface area contributed by atoms with Gasteiger partial charge in [-0.25, -0.2) is 14.6 Å². The third-order valence-corrected chi connectivity index (χ3v) is 4.98. The van der Waals surface area contributed by atoms with Crippen LogP contribution >= 0.6 is 27.3 Å². The number of rotatable bonds is 6. The second kappa shape index (κ2) is 10.3. The van der Waals surface area contributed by atoms with E-state index in [1.54, 1.807) is 20.8 Å². The molecule has 1 atom stereocenters. The van der Waals surface area contributed by atoms with Gasteiger partial charge in [0.25, 0.3) is 0 Å². The summed E-state index contributed by atoms with van der Waals surface area (Å²) in [5.74, 6) is 0. The van der Waals surface area contributed by atoms with Crippen molar-refractivity contribution in [1.82, 2.24) is 15.6 Å². The summed E-state index contributed by atoms with van der Waals surface area (Å²) in [6, 6.07) is 3.90. The molecule has 2 aromatic rings. The Bertz CT molecular complexity index is 898. The van der Waals surface area contributed by atoms with Gasteiger partial charge in [0.15, 0.2) is 3.92 Å². The van der Waals surface area contributed by atoms with Crippen LogP contribution in [0.4, 0.5) is 22.8 Å². The number of aromatic nitrogens is 1. The van der Waals surface area contributed by atoms with Crippen LogP contribution in [0.25, 0.3) is 0 Å². The van der Waals surface area contributed by atoms with Crippen LogP contribution in [0.3, 0.4) is 0 Å². The van der Waals surface area contributed by atoms with Crippen LogP contribution in [0.1, 0.15) is 31.9 Å². The van der Waals surface area contributed by atoms with E-state index < -0.39 is 35.6 Å². The third kappa shape index (κ3) is 9.13. The van der Waals surface area contributed by atoms with Crippen LogP contribution in [-0.4, -0.2) is 35.4 Å². The van der Waals surface area contributed by atoms with Gasteiger partial charge in [-0.1, -0.05) is 23.5 Å². The zero-order chi connectivity index (χ0) is 23.2. The predicted octanol–water partition coefficient (Wildman–Crippen LogP) is 5.15. The summed E-state index contributed by atoms with van der Waals surface area (Å²) in [4.78, 5) is 28.1. The summed E-state index contributed by atoms with van der Waals surface area (Å²) in [6.45, 7) is 5.04. The molecule has 170 valence electrons. The van der Waals surface area contributed by atoms with E-state index in [0.29, 0.717) is 9.48 Å². The number of amides is 2. The number of carbonyl (C=O) groups is 2. The third-order valence-electron chi connectivity index (χ3n) is 3.63. The number of carbonyl (C=O) groups excluding carboxylic acids is 2. The van der Waals surface area contributed by atoms with E-state index in [9.17, 15) is 22.8 Å². The van der Waals surface area contributed by atoms with Gasteiger partial charge in [-0.05, 0) is 60.8 Å². The normalized spacial score (nSPS) is 12.7. The number of thiazole rings is 1. The molecule has 0 bridgehead atoms. The van der Waals surface area contributed by atoms with Gasteiger partial charge >= 0.3 is 18.4 Å². The van der Waals surface area contributed by atoms with Crippen molar-refractivity contribution < 1.29 is 32.2 Å². The number of nitrogens with zero attached hydrogens (tertiary/aromatic N) is 1. The molecule has 0 unspecified atom stereocenters. The van der Waals surface area contributed by atoms with E-state index in [4.69, 9.17) is 9.47 Å². The second-order valence-electron chi connectivity index (χ2n) is 7.44. The van der Waals surface area contributed by atoms with E-state index in [2.05, 4.69) is 31.5 Å². The first kappa shape index (κ1) is 24.9. The van der Waals surface area contributed by atoms with Crippen molar-refractivity contribution in [3.63, 3.8) is 0 Å². The molecule has 0 aliphatic carbocycles. The highest BCUT2D eigenvalue weighted by Crippen LogP contribution is 2.29. The van der Waals surface area contributed by atoms with Gasteiger partial charge < -0.3 is 20.1 Å².